The maximum atomic E-state index is 12.1. The van der Waals surface area contributed by atoms with Crippen molar-refractivity contribution in [3.8, 4) is 6.07 Å². The molecule has 1 aromatic heterocycles. The number of nitriles is 1. The number of benzene rings is 1. The van der Waals surface area contributed by atoms with E-state index in [0.717, 1.165) is 5.56 Å². The quantitative estimate of drug-likeness (QED) is 0.885. The standard InChI is InChI=1S/C11H11N5O2S/c1-16-11(13-8-14-16)15-19(17,18)10-4-2-9(3-5-10)6-7-12/h2-5,8H,6H2,1H3,(H,13,14,15). The van der Waals surface area contributed by atoms with Gasteiger partial charge in [-0.25, -0.2) is 17.8 Å². The van der Waals surface area contributed by atoms with Crippen LogP contribution in [0.1, 0.15) is 5.56 Å². The second-order valence-electron chi connectivity index (χ2n) is 3.79. The summed E-state index contributed by atoms with van der Waals surface area (Å²) in [5, 5.41) is 12.3. The Morgan fingerprint density at radius 3 is 2.58 bits per heavy atom. The summed E-state index contributed by atoms with van der Waals surface area (Å²) in [7, 11) is -2.11. The van der Waals surface area contributed by atoms with Crippen molar-refractivity contribution in [2.75, 3.05) is 4.72 Å². The molecule has 0 aliphatic rings. The predicted molar refractivity (Wildman–Crippen MR) is 67.6 cm³/mol. The minimum Gasteiger partial charge on any atom is -0.247 e. The monoisotopic (exact) mass is 277 g/mol. The number of aromatic nitrogens is 3. The largest absolute Gasteiger partial charge is 0.264 e. The van der Waals surface area contributed by atoms with Gasteiger partial charge < -0.3 is 0 Å². The third kappa shape index (κ3) is 2.89. The van der Waals surface area contributed by atoms with Crippen molar-refractivity contribution in [2.45, 2.75) is 11.3 Å². The van der Waals surface area contributed by atoms with Crippen LogP contribution in [-0.4, -0.2) is 23.2 Å². The Morgan fingerprint density at radius 2 is 2.05 bits per heavy atom. The van der Waals surface area contributed by atoms with Crippen molar-refractivity contribution in [1.29, 1.82) is 5.26 Å². The van der Waals surface area contributed by atoms with Crippen LogP contribution in [0.25, 0.3) is 0 Å². The number of anilines is 1. The van der Waals surface area contributed by atoms with Gasteiger partial charge in [0.25, 0.3) is 10.0 Å². The summed E-state index contributed by atoms with van der Waals surface area (Å²) < 4.78 is 27.8. The van der Waals surface area contributed by atoms with E-state index in [-0.39, 0.29) is 17.3 Å². The molecule has 98 valence electrons. The van der Waals surface area contributed by atoms with Gasteiger partial charge in [0, 0.05) is 7.05 Å². The molecule has 0 unspecified atom stereocenters. The van der Waals surface area contributed by atoms with Crippen molar-refractivity contribution in [3.63, 3.8) is 0 Å². The number of hydrogen-bond acceptors (Lipinski definition) is 5. The molecule has 0 spiro atoms. The van der Waals surface area contributed by atoms with Gasteiger partial charge in [-0.3, -0.25) is 0 Å². The zero-order valence-electron chi connectivity index (χ0n) is 10.1. The third-order valence-corrected chi connectivity index (χ3v) is 3.80. The summed E-state index contributed by atoms with van der Waals surface area (Å²) in [5.41, 5.74) is 0.764. The normalized spacial score (nSPS) is 10.9. The molecule has 0 aliphatic carbocycles. The van der Waals surface area contributed by atoms with Crippen molar-refractivity contribution in [3.05, 3.63) is 36.2 Å². The van der Waals surface area contributed by atoms with Crippen molar-refractivity contribution in [2.24, 2.45) is 7.05 Å². The highest BCUT2D eigenvalue weighted by Gasteiger charge is 2.16. The van der Waals surface area contributed by atoms with Gasteiger partial charge in [-0.2, -0.15) is 15.3 Å². The van der Waals surface area contributed by atoms with Gasteiger partial charge in [0.05, 0.1) is 17.4 Å². The number of nitrogens with zero attached hydrogens (tertiary/aromatic N) is 4. The minimum atomic E-state index is -3.69. The van der Waals surface area contributed by atoms with E-state index in [1.165, 1.54) is 23.1 Å². The average Bonchev–Trinajstić information content (AvgIpc) is 2.75. The van der Waals surface area contributed by atoms with Gasteiger partial charge in [0.15, 0.2) is 0 Å². The second-order valence-corrected chi connectivity index (χ2v) is 5.47. The molecule has 0 atom stereocenters. The fourth-order valence-electron chi connectivity index (χ4n) is 1.45. The number of rotatable bonds is 4. The van der Waals surface area contributed by atoms with Gasteiger partial charge in [-0.05, 0) is 17.7 Å². The molecule has 2 rings (SSSR count). The highest BCUT2D eigenvalue weighted by molar-refractivity contribution is 7.92. The molecule has 7 nitrogen and oxygen atoms in total. The van der Waals surface area contributed by atoms with E-state index in [2.05, 4.69) is 14.8 Å². The first-order valence-corrected chi connectivity index (χ1v) is 6.84. The van der Waals surface area contributed by atoms with Crippen LogP contribution in [0.2, 0.25) is 0 Å². The fourth-order valence-corrected chi connectivity index (χ4v) is 2.48. The molecular formula is C11H11N5O2S. The van der Waals surface area contributed by atoms with Gasteiger partial charge in [0.1, 0.15) is 6.33 Å². The zero-order chi connectivity index (χ0) is 13.9. The summed E-state index contributed by atoms with van der Waals surface area (Å²) in [6.45, 7) is 0. The van der Waals surface area contributed by atoms with E-state index in [1.54, 1.807) is 19.2 Å². The molecule has 0 bridgehead atoms. The molecule has 0 amide bonds. The highest BCUT2D eigenvalue weighted by atomic mass is 32.2. The minimum absolute atomic E-state index is 0.109. The van der Waals surface area contributed by atoms with E-state index < -0.39 is 10.0 Å². The van der Waals surface area contributed by atoms with Crippen LogP contribution in [0, 0.1) is 11.3 Å². The topological polar surface area (TPSA) is 101 Å². The number of aryl methyl sites for hydroxylation is 1. The Hall–Kier alpha value is -2.40. The SMILES string of the molecule is Cn1ncnc1NS(=O)(=O)c1ccc(CC#N)cc1. The van der Waals surface area contributed by atoms with E-state index in [1.807, 2.05) is 6.07 Å². The fraction of sp³-hybridized carbons (Fsp3) is 0.182. The number of nitrogens with one attached hydrogen (secondary N) is 1. The average molecular weight is 277 g/mol. The first kappa shape index (κ1) is 13.0. The van der Waals surface area contributed by atoms with E-state index >= 15 is 0 Å². The van der Waals surface area contributed by atoms with Crippen LogP contribution in [0.3, 0.4) is 0 Å². The second kappa shape index (κ2) is 5.07. The molecule has 2 aromatic rings. The number of hydrogen-bond donors (Lipinski definition) is 1. The third-order valence-electron chi connectivity index (χ3n) is 2.45. The van der Waals surface area contributed by atoms with Gasteiger partial charge in [-0.15, -0.1) is 0 Å². The number of sulfonamides is 1. The summed E-state index contributed by atoms with van der Waals surface area (Å²) >= 11 is 0. The Labute approximate surface area is 110 Å². The molecule has 1 aromatic carbocycles. The molecule has 8 heteroatoms. The first-order valence-electron chi connectivity index (χ1n) is 5.35. The Balaban J connectivity index is 2.25. The lowest BCUT2D eigenvalue weighted by molar-refractivity contribution is 0.600. The van der Waals surface area contributed by atoms with Crippen LogP contribution in [0.15, 0.2) is 35.5 Å². The van der Waals surface area contributed by atoms with Crippen molar-refractivity contribution in [1.82, 2.24) is 14.8 Å². The van der Waals surface area contributed by atoms with Gasteiger partial charge in [-0.1, -0.05) is 12.1 Å². The van der Waals surface area contributed by atoms with E-state index in [9.17, 15) is 8.42 Å². The molecular weight excluding hydrogens is 266 g/mol. The van der Waals surface area contributed by atoms with Crippen molar-refractivity contribution >= 4 is 16.0 Å². The molecule has 0 aliphatic heterocycles. The molecule has 1 heterocycles. The van der Waals surface area contributed by atoms with E-state index in [4.69, 9.17) is 5.26 Å². The molecule has 0 saturated heterocycles. The maximum absolute atomic E-state index is 12.1. The smallest absolute Gasteiger partial charge is 0.247 e. The molecule has 0 saturated carbocycles. The highest BCUT2D eigenvalue weighted by Crippen LogP contribution is 2.14. The Kier molecular flexibility index (Phi) is 3.48. The lowest BCUT2D eigenvalue weighted by atomic mass is 10.2. The maximum Gasteiger partial charge on any atom is 0.264 e. The van der Waals surface area contributed by atoms with Gasteiger partial charge in [0.2, 0.25) is 5.95 Å². The van der Waals surface area contributed by atoms with Crippen LogP contribution in [0.4, 0.5) is 5.95 Å². The molecule has 1 N–H and O–H groups in total. The van der Waals surface area contributed by atoms with Crippen LogP contribution >= 0.6 is 0 Å². The molecule has 0 fully saturated rings. The lowest BCUT2D eigenvalue weighted by Crippen LogP contribution is -2.16. The zero-order valence-corrected chi connectivity index (χ0v) is 10.9. The van der Waals surface area contributed by atoms with Crippen molar-refractivity contribution < 1.29 is 8.42 Å². The summed E-state index contributed by atoms with van der Waals surface area (Å²) in [4.78, 5) is 3.90. The predicted octanol–water partition coefficient (Wildman–Crippen LogP) is 0.682. The summed E-state index contributed by atoms with van der Waals surface area (Å²) in [5.74, 6) is 0.140. The summed E-state index contributed by atoms with van der Waals surface area (Å²) in [6.07, 6.45) is 1.50. The Morgan fingerprint density at radius 1 is 1.37 bits per heavy atom. The Bertz CT molecular complexity index is 712. The van der Waals surface area contributed by atoms with Crippen LogP contribution in [0.5, 0.6) is 0 Å². The van der Waals surface area contributed by atoms with E-state index in [0.29, 0.717) is 0 Å². The summed E-state index contributed by atoms with van der Waals surface area (Å²) in [6, 6.07) is 8.11. The molecule has 19 heavy (non-hydrogen) atoms. The van der Waals surface area contributed by atoms with Crippen LogP contribution in [-0.2, 0) is 23.5 Å². The lowest BCUT2D eigenvalue weighted by Gasteiger charge is -2.07. The molecule has 0 radical (unpaired) electrons. The van der Waals surface area contributed by atoms with Crippen LogP contribution < -0.4 is 4.72 Å². The van der Waals surface area contributed by atoms with Gasteiger partial charge >= 0.3 is 0 Å². The first-order chi connectivity index (χ1) is 9.03.